The van der Waals surface area contributed by atoms with Crippen LogP contribution >= 0.6 is 11.3 Å². The predicted octanol–water partition coefficient (Wildman–Crippen LogP) is 4.73. The third kappa shape index (κ3) is 2.71. The van der Waals surface area contributed by atoms with E-state index in [1.54, 1.807) is 11.3 Å². The van der Waals surface area contributed by atoms with Crippen LogP contribution in [0.25, 0.3) is 21.3 Å². The Balaban J connectivity index is 2.10. The number of nitrogens with one attached hydrogen (secondary N) is 1. The number of aromatic amines is 1. The van der Waals surface area contributed by atoms with E-state index in [4.69, 9.17) is 0 Å². The molecule has 114 valence electrons. The van der Waals surface area contributed by atoms with Gasteiger partial charge in [-0.2, -0.15) is 0 Å². The van der Waals surface area contributed by atoms with E-state index in [1.165, 1.54) is 5.56 Å². The number of rotatable bonds is 4. The summed E-state index contributed by atoms with van der Waals surface area (Å²) in [5, 5.41) is 2.75. The van der Waals surface area contributed by atoms with Gasteiger partial charge in [0.05, 0.1) is 5.39 Å². The number of H-pyrrole nitrogens is 1. The first-order chi connectivity index (χ1) is 10.6. The molecule has 0 saturated carbocycles. The van der Waals surface area contributed by atoms with Crippen molar-refractivity contribution in [1.29, 1.82) is 0 Å². The van der Waals surface area contributed by atoms with Gasteiger partial charge >= 0.3 is 0 Å². The van der Waals surface area contributed by atoms with Gasteiger partial charge < -0.3 is 4.98 Å². The van der Waals surface area contributed by atoms with Crippen LogP contribution in [-0.2, 0) is 6.42 Å². The molecule has 1 N–H and O–H groups in total. The normalized spacial score (nSPS) is 11.5. The Morgan fingerprint density at radius 3 is 2.59 bits per heavy atom. The second-order valence-corrected chi connectivity index (χ2v) is 6.73. The molecule has 0 aliphatic rings. The minimum atomic E-state index is -0.0300. The highest BCUT2D eigenvalue weighted by atomic mass is 32.1. The number of aromatic nitrogens is 2. The van der Waals surface area contributed by atoms with Crippen molar-refractivity contribution in [2.24, 2.45) is 0 Å². The summed E-state index contributed by atoms with van der Waals surface area (Å²) >= 11 is 1.54. The van der Waals surface area contributed by atoms with Crippen molar-refractivity contribution in [3.8, 4) is 11.1 Å². The molecule has 2 aromatic heterocycles. The van der Waals surface area contributed by atoms with Gasteiger partial charge in [0.25, 0.3) is 5.56 Å². The number of aryl methyl sites for hydroxylation is 1. The molecule has 0 radical (unpaired) electrons. The van der Waals surface area contributed by atoms with Crippen LogP contribution in [0.3, 0.4) is 0 Å². The number of fused-ring (bicyclic) bond motifs is 1. The maximum Gasteiger partial charge on any atom is 0.260 e. The molecule has 0 spiro atoms. The smallest absolute Gasteiger partial charge is 0.260 e. The van der Waals surface area contributed by atoms with Gasteiger partial charge in [-0.1, -0.05) is 45.0 Å². The standard InChI is InChI=1S/C18H20N2OS/c1-4-5-15-19-17(21)16-14(10-22-18(16)20-15)13-8-6-12(7-9-13)11(2)3/h6-11H,4-5H2,1-3H3,(H,19,20,21). The lowest BCUT2D eigenvalue weighted by molar-refractivity contribution is 0.838. The maximum atomic E-state index is 12.4. The quantitative estimate of drug-likeness (QED) is 0.757. The molecule has 0 fully saturated rings. The number of hydrogen-bond donors (Lipinski definition) is 1. The summed E-state index contributed by atoms with van der Waals surface area (Å²) in [5.41, 5.74) is 3.33. The Hall–Kier alpha value is -1.94. The van der Waals surface area contributed by atoms with E-state index in [2.05, 4.69) is 55.0 Å². The van der Waals surface area contributed by atoms with Crippen LogP contribution in [0.15, 0.2) is 34.4 Å². The van der Waals surface area contributed by atoms with Crippen molar-refractivity contribution in [2.75, 3.05) is 0 Å². The van der Waals surface area contributed by atoms with Crippen LogP contribution in [0.5, 0.6) is 0 Å². The molecular formula is C18H20N2OS. The highest BCUT2D eigenvalue weighted by Gasteiger charge is 2.13. The Kier molecular flexibility index (Phi) is 4.12. The number of hydrogen-bond acceptors (Lipinski definition) is 3. The van der Waals surface area contributed by atoms with Crippen LogP contribution in [-0.4, -0.2) is 9.97 Å². The highest BCUT2D eigenvalue weighted by molar-refractivity contribution is 7.17. The van der Waals surface area contributed by atoms with Crippen molar-refractivity contribution in [3.63, 3.8) is 0 Å². The van der Waals surface area contributed by atoms with Crippen molar-refractivity contribution in [3.05, 3.63) is 51.4 Å². The first-order valence-corrected chi connectivity index (χ1v) is 8.58. The molecule has 4 heteroatoms. The van der Waals surface area contributed by atoms with Crippen molar-refractivity contribution in [2.45, 2.75) is 39.5 Å². The fraction of sp³-hybridized carbons (Fsp3) is 0.333. The van der Waals surface area contributed by atoms with Crippen LogP contribution in [0, 0.1) is 0 Å². The van der Waals surface area contributed by atoms with Gasteiger partial charge in [-0.25, -0.2) is 4.98 Å². The number of benzene rings is 1. The van der Waals surface area contributed by atoms with E-state index in [0.717, 1.165) is 34.6 Å². The SMILES string of the molecule is CCCc1nc2scc(-c3ccc(C(C)C)cc3)c2c(=O)[nH]1. The molecule has 0 aliphatic heterocycles. The molecule has 0 aliphatic carbocycles. The zero-order valence-corrected chi connectivity index (χ0v) is 14.0. The molecule has 2 heterocycles. The van der Waals surface area contributed by atoms with Crippen molar-refractivity contribution >= 4 is 21.6 Å². The Morgan fingerprint density at radius 1 is 1.23 bits per heavy atom. The summed E-state index contributed by atoms with van der Waals surface area (Å²) in [6.07, 6.45) is 1.78. The minimum Gasteiger partial charge on any atom is -0.310 e. The molecule has 0 bridgehead atoms. The molecule has 3 nitrogen and oxygen atoms in total. The van der Waals surface area contributed by atoms with Gasteiger partial charge in [0.2, 0.25) is 0 Å². The van der Waals surface area contributed by atoms with Gasteiger partial charge in [-0.3, -0.25) is 4.79 Å². The molecule has 1 aromatic carbocycles. The summed E-state index contributed by atoms with van der Waals surface area (Å²) in [4.78, 5) is 20.7. The summed E-state index contributed by atoms with van der Waals surface area (Å²) in [6, 6.07) is 8.46. The Bertz CT molecular complexity index is 844. The van der Waals surface area contributed by atoms with E-state index in [-0.39, 0.29) is 5.56 Å². The molecule has 0 atom stereocenters. The van der Waals surface area contributed by atoms with E-state index >= 15 is 0 Å². The third-order valence-corrected chi connectivity index (χ3v) is 4.74. The highest BCUT2D eigenvalue weighted by Crippen LogP contribution is 2.31. The maximum absolute atomic E-state index is 12.4. The monoisotopic (exact) mass is 312 g/mol. The molecule has 22 heavy (non-hydrogen) atoms. The second kappa shape index (κ2) is 6.05. The Labute approximate surface area is 134 Å². The van der Waals surface area contributed by atoms with E-state index in [0.29, 0.717) is 11.3 Å². The lowest BCUT2D eigenvalue weighted by atomic mass is 9.99. The van der Waals surface area contributed by atoms with Crippen LogP contribution in [0.2, 0.25) is 0 Å². The minimum absolute atomic E-state index is 0.0300. The topological polar surface area (TPSA) is 45.8 Å². The van der Waals surface area contributed by atoms with Gasteiger partial charge in [0, 0.05) is 17.4 Å². The van der Waals surface area contributed by atoms with Gasteiger partial charge in [-0.05, 0) is 23.5 Å². The van der Waals surface area contributed by atoms with Gasteiger partial charge in [0.15, 0.2) is 0 Å². The lowest BCUT2D eigenvalue weighted by Crippen LogP contribution is -2.11. The molecule has 0 unspecified atom stereocenters. The summed E-state index contributed by atoms with van der Waals surface area (Å²) in [6.45, 7) is 6.44. The van der Waals surface area contributed by atoms with Crippen LogP contribution < -0.4 is 5.56 Å². The second-order valence-electron chi connectivity index (χ2n) is 5.87. The molecular weight excluding hydrogens is 292 g/mol. The zero-order valence-electron chi connectivity index (χ0n) is 13.1. The zero-order chi connectivity index (χ0) is 15.7. The average Bonchev–Trinajstić information content (AvgIpc) is 2.92. The molecule has 3 rings (SSSR count). The van der Waals surface area contributed by atoms with Crippen molar-refractivity contribution in [1.82, 2.24) is 9.97 Å². The molecule has 3 aromatic rings. The fourth-order valence-electron chi connectivity index (χ4n) is 2.61. The first kappa shape index (κ1) is 15.0. The van der Waals surface area contributed by atoms with E-state index < -0.39 is 0 Å². The van der Waals surface area contributed by atoms with E-state index in [9.17, 15) is 4.79 Å². The van der Waals surface area contributed by atoms with Crippen LogP contribution in [0.1, 0.15) is 44.5 Å². The number of thiophene rings is 1. The third-order valence-electron chi connectivity index (χ3n) is 3.87. The van der Waals surface area contributed by atoms with Gasteiger partial charge in [0.1, 0.15) is 10.7 Å². The number of nitrogens with zero attached hydrogens (tertiary/aromatic N) is 1. The molecule has 0 saturated heterocycles. The Morgan fingerprint density at radius 2 is 1.95 bits per heavy atom. The summed E-state index contributed by atoms with van der Waals surface area (Å²) < 4.78 is 0. The first-order valence-electron chi connectivity index (χ1n) is 7.71. The largest absolute Gasteiger partial charge is 0.310 e. The lowest BCUT2D eigenvalue weighted by Gasteiger charge is -2.06. The van der Waals surface area contributed by atoms with Crippen LogP contribution in [0.4, 0.5) is 0 Å². The van der Waals surface area contributed by atoms with Gasteiger partial charge in [-0.15, -0.1) is 11.3 Å². The summed E-state index contributed by atoms with van der Waals surface area (Å²) in [5.74, 6) is 1.29. The fourth-order valence-corrected chi connectivity index (χ4v) is 3.58. The molecule has 0 amide bonds. The predicted molar refractivity (Wildman–Crippen MR) is 93.8 cm³/mol. The van der Waals surface area contributed by atoms with Crippen molar-refractivity contribution < 1.29 is 0 Å². The van der Waals surface area contributed by atoms with E-state index in [1.807, 2.05) is 5.38 Å². The average molecular weight is 312 g/mol. The summed E-state index contributed by atoms with van der Waals surface area (Å²) in [7, 11) is 0.